The third-order valence-corrected chi connectivity index (χ3v) is 3.65. The predicted molar refractivity (Wildman–Crippen MR) is 99.6 cm³/mol. The minimum absolute atomic E-state index is 0.200. The molecule has 0 fully saturated rings. The number of carbonyl (C=O) groups excluding carboxylic acids is 1. The van der Waals surface area contributed by atoms with Gasteiger partial charge in [-0.1, -0.05) is 12.1 Å². The summed E-state index contributed by atoms with van der Waals surface area (Å²) in [6.45, 7) is 0.743. The average Bonchev–Trinajstić information content (AvgIpc) is 2.70. The van der Waals surface area contributed by atoms with Gasteiger partial charge in [0.05, 0.1) is 0 Å². The molecule has 7 N–H and O–H groups in total. The van der Waals surface area contributed by atoms with Crippen LogP contribution in [0.25, 0.3) is 5.57 Å². The van der Waals surface area contributed by atoms with Gasteiger partial charge in [0.2, 0.25) is 0 Å². The van der Waals surface area contributed by atoms with Crippen LogP contribution >= 0.6 is 0 Å². The Bertz CT molecular complexity index is 903. The quantitative estimate of drug-likeness (QED) is 0.231. The standard InChI is InChI=1S/C17H18N8O/c18-24-16(25-19)13-2-1-3-15(22-13)23-17(26)14-10-12(6-9-21-14)11-4-7-20-8-5-11/h1-7,9-10,20H,8,18-19H2,(H,24,25)(H,22,23,26). The lowest BCUT2D eigenvalue weighted by Gasteiger charge is -2.10. The number of hydrazone groups is 1. The van der Waals surface area contributed by atoms with E-state index >= 15 is 0 Å². The van der Waals surface area contributed by atoms with Crippen molar-refractivity contribution in [3.63, 3.8) is 0 Å². The molecule has 0 unspecified atom stereocenters. The summed E-state index contributed by atoms with van der Waals surface area (Å²) in [5, 5.41) is 9.28. The number of hydrogen-bond donors (Lipinski definition) is 5. The van der Waals surface area contributed by atoms with Gasteiger partial charge >= 0.3 is 0 Å². The molecule has 1 amide bonds. The molecule has 9 heteroatoms. The van der Waals surface area contributed by atoms with Gasteiger partial charge in [-0.05, 0) is 47.7 Å². The molecule has 0 bridgehead atoms. The number of amides is 1. The normalized spacial score (nSPS) is 13.6. The zero-order chi connectivity index (χ0) is 18.4. The Hall–Kier alpha value is -3.72. The van der Waals surface area contributed by atoms with Crippen LogP contribution in [0.2, 0.25) is 0 Å². The van der Waals surface area contributed by atoms with Crippen molar-refractivity contribution in [1.29, 1.82) is 0 Å². The number of dihydropyridines is 1. The Kier molecular flexibility index (Phi) is 5.20. The second kappa shape index (κ2) is 7.90. The van der Waals surface area contributed by atoms with Crippen LogP contribution in [-0.4, -0.2) is 28.3 Å². The number of carbonyl (C=O) groups is 1. The number of aromatic nitrogens is 2. The van der Waals surface area contributed by atoms with Crippen LogP contribution in [0.1, 0.15) is 21.7 Å². The summed E-state index contributed by atoms with van der Waals surface area (Å²) in [5.74, 6) is 10.7. The summed E-state index contributed by atoms with van der Waals surface area (Å²) in [6.07, 6.45) is 7.45. The number of hydrazine groups is 1. The smallest absolute Gasteiger partial charge is 0.275 e. The number of anilines is 1. The van der Waals surface area contributed by atoms with E-state index in [-0.39, 0.29) is 17.4 Å². The Morgan fingerprint density at radius 3 is 2.88 bits per heavy atom. The summed E-state index contributed by atoms with van der Waals surface area (Å²) >= 11 is 0. The van der Waals surface area contributed by atoms with E-state index in [1.54, 1.807) is 30.5 Å². The predicted octanol–water partition coefficient (Wildman–Crippen LogP) is 0.313. The molecular weight excluding hydrogens is 332 g/mol. The number of pyridine rings is 2. The highest BCUT2D eigenvalue weighted by atomic mass is 16.1. The molecule has 1 aliphatic rings. The van der Waals surface area contributed by atoms with Gasteiger partial charge in [0.1, 0.15) is 17.2 Å². The van der Waals surface area contributed by atoms with Crippen LogP contribution in [0, 0.1) is 0 Å². The molecule has 0 spiro atoms. The molecule has 0 aromatic carbocycles. The van der Waals surface area contributed by atoms with Crippen LogP contribution in [0.5, 0.6) is 0 Å². The fourth-order valence-corrected chi connectivity index (χ4v) is 2.40. The van der Waals surface area contributed by atoms with Gasteiger partial charge in [-0.25, -0.2) is 10.8 Å². The third kappa shape index (κ3) is 3.84. The highest BCUT2D eigenvalue weighted by Crippen LogP contribution is 2.18. The van der Waals surface area contributed by atoms with E-state index in [0.29, 0.717) is 11.5 Å². The van der Waals surface area contributed by atoms with Crippen molar-refractivity contribution in [3.05, 3.63) is 71.8 Å². The van der Waals surface area contributed by atoms with Crippen LogP contribution in [0.15, 0.2) is 60.0 Å². The monoisotopic (exact) mass is 350 g/mol. The average molecular weight is 350 g/mol. The summed E-state index contributed by atoms with van der Waals surface area (Å²) in [7, 11) is 0. The zero-order valence-electron chi connectivity index (χ0n) is 13.8. The van der Waals surface area contributed by atoms with Crippen LogP contribution in [0.3, 0.4) is 0 Å². The van der Waals surface area contributed by atoms with Crippen molar-refractivity contribution in [3.8, 4) is 0 Å². The number of nitrogens with two attached hydrogens (primary N) is 2. The van der Waals surface area contributed by atoms with Gasteiger partial charge in [-0.3, -0.25) is 9.78 Å². The second-order valence-electron chi connectivity index (χ2n) is 5.32. The van der Waals surface area contributed by atoms with Crippen LogP contribution in [-0.2, 0) is 0 Å². The minimum Gasteiger partial charge on any atom is -0.387 e. The molecule has 0 aliphatic carbocycles. The topological polar surface area (TPSA) is 143 Å². The molecule has 2 aromatic rings. The minimum atomic E-state index is -0.373. The number of allylic oxidation sites excluding steroid dienone is 2. The highest BCUT2D eigenvalue weighted by Gasteiger charge is 2.12. The Morgan fingerprint density at radius 1 is 1.27 bits per heavy atom. The first kappa shape index (κ1) is 17.1. The van der Waals surface area contributed by atoms with Crippen molar-refractivity contribution >= 4 is 23.1 Å². The molecule has 0 saturated carbocycles. The first-order valence-electron chi connectivity index (χ1n) is 7.81. The molecule has 3 rings (SSSR count). The summed E-state index contributed by atoms with van der Waals surface area (Å²) in [5.41, 5.74) is 4.97. The van der Waals surface area contributed by atoms with Gasteiger partial charge in [0.15, 0.2) is 5.84 Å². The summed E-state index contributed by atoms with van der Waals surface area (Å²) in [6, 6.07) is 8.60. The van der Waals surface area contributed by atoms with Crippen molar-refractivity contribution < 1.29 is 4.79 Å². The van der Waals surface area contributed by atoms with E-state index in [2.05, 4.69) is 31.1 Å². The second-order valence-corrected chi connectivity index (χ2v) is 5.32. The zero-order valence-corrected chi connectivity index (χ0v) is 13.8. The lowest BCUT2D eigenvalue weighted by Crippen LogP contribution is -2.32. The van der Waals surface area contributed by atoms with Gasteiger partial charge in [-0.15, -0.1) is 0 Å². The van der Waals surface area contributed by atoms with E-state index in [9.17, 15) is 4.79 Å². The Labute approximate surface area is 149 Å². The molecule has 3 heterocycles. The van der Waals surface area contributed by atoms with E-state index in [1.165, 1.54) is 0 Å². The third-order valence-electron chi connectivity index (χ3n) is 3.65. The highest BCUT2D eigenvalue weighted by molar-refractivity contribution is 6.03. The molecule has 0 atom stereocenters. The van der Waals surface area contributed by atoms with Crippen LogP contribution < -0.4 is 27.7 Å². The molecule has 9 nitrogen and oxygen atoms in total. The van der Waals surface area contributed by atoms with E-state index in [4.69, 9.17) is 11.7 Å². The van der Waals surface area contributed by atoms with Crippen LogP contribution in [0.4, 0.5) is 5.82 Å². The molecule has 0 saturated heterocycles. The number of hydrogen-bond acceptors (Lipinski definition) is 7. The fourth-order valence-electron chi connectivity index (χ4n) is 2.40. The number of rotatable bonds is 4. The lowest BCUT2D eigenvalue weighted by atomic mass is 10.0. The molecule has 2 aromatic heterocycles. The first-order valence-corrected chi connectivity index (χ1v) is 7.81. The maximum absolute atomic E-state index is 12.5. The van der Waals surface area contributed by atoms with Gasteiger partial charge in [-0.2, -0.15) is 5.10 Å². The number of amidine groups is 1. The van der Waals surface area contributed by atoms with Gasteiger partial charge < -0.3 is 21.9 Å². The summed E-state index contributed by atoms with van der Waals surface area (Å²) < 4.78 is 0. The van der Waals surface area contributed by atoms with E-state index < -0.39 is 0 Å². The maximum atomic E-state index is 12.5. The Balaban J connectivity index is 1.79. The van der Waals surface area contributed by atoms with Crippen molar-refractivity contribution in [2.24, 2.45) is 16.8 Å². The molecule has 132 valence electrons. The first-order chi connectivity index (χ1) is 12.7. The number of nitrogens with one attached hydrogen (secondary N) is 3. The Morgan fingerprint density at radius 2 is 2.15 bits per heavy atom. The number of nitrogens with zero attached hydrogens (tertiary/aromatic N) is 3. The fraction of sp³-hybridized carbons (Fsp3) is 0.0588. The molecular formula is C17H18N8O. The maximum Gasteiger partial charge on any atom is 0.275 e. The van der Waals surface area contributed by atoms with Crippen molar-refractivity contribution in [1.82, 2.24) is 20.7 Å². The molecule has 0 radical (unpaired) electrons. The SMILES string of the molecule is NN=C(NN)c1cccc(NC(=O)c2cc(C3=CCNC=C3)ccn2)n1. The largest absolute Gasteiger partial charge is 0.387 e. The molecule has 26 heavy (non-hydrogen) atoms. The summed E-state index contributed by atoms with van der Waals surface area (Å²) in [4.78, 5) is 20.9. The molecule has 1 aliphatic heterocycles. The van der Waals surface area contributed by atoms with E-state index in [1.807, 2.05) is 24.4 Å². The lowest BCUT2D eigenvalue weighted by molar-refractivity contribution is 0.102. The van der Waals surface area contributed by atoms with E-state index in [0.717, 1.165) is 17.7 Å². The van der Waals surface area contributed by atoms with Crippen molar-refractivity contribution in [2.75, 3.05) is 11.9 Å². The van der Waals surface area contributed by atoms with Gasteiger partial charge in [0.25, 0.3) is 5.91 Å². The van der Waals surface area contributed by atoms with Gasteiger partial charge in [0, 0.05) is 12.7 Å². The van der Waals surface area contributed by atoms with Crippen molar-refractivity contribution in [2.45, 2.75) is 0 Å².